The van der Waals surface area contributed by atoms with Crippen LogP contribution in [0.4, 0.5) is 0 Å². The van der Waals surface area contributed by atoms with Crippen molar-refractivity contribution in [3.63, 3.8) is 0 Å². The van der Waals surface area contributed by atoms with Crippen molar-refractivity contribution < 1.29 is 13.9 Å². The molecule has 1 aliphatic heterocycles. The number of nitrogens with zero attached hydrogens (tertiary/aromatic N) is 2. The maximum atomic E-state index is 12.9. The molecule has 0 spiro atoms. The van der Waals surface area contributed by atoms with Gasteiger partial charge in [0.1, 0.15) is 11.4 Å². The molecule has 0 N–H and O–H groups in total. The van der Waals surface area contributed by atoms with Crippen LogP contribution in [-0.2, 0) is 6.54 Å². The van der Waals surface area contributed by atoms with E-state index in [0.29, 0.717) is 12.2 Å². The Hall–Kier alpha value is -2.69. The maximum absolute atomic E-state index is 12.9. The fraction of sp³-hybridized carbons (Fsp3) is 0.316. The highest BCUT2D eigenvalue weighted by molar-refractivity contribution is 5.97. The van der Waals surface area contributed by atoms with Gasteiger partial charge in [-0.05, 0) is 30.5 Å². The lowest BCUT2D eigenvalue weighted by molar-refractivity contribution is 0.0783. The van der Waals surface area contributed by atoms with Crippen LogP contribution in [0, 0.1) is 0 Å². The number of methoxy groups -OCH3 is 1. The Balaban J connectivity index is 1.70. The predicted octanol–water partition coefficient (Wildman–Crippen LogP) is 3.53. The molecule has 0 aliphatic carbocycles. The minimum atomic E-state index is 0.0902. The highest BCUT2D eigenvalue weighted by Gasteiger charge is 2.24. The molecule has 0 radical (unpaired) electrons. The predicted molar refractivity (Wildman–Crippen MR) is 91.4 cm³/mol. The number of carbonyl (C=O) groups excluding carboxylic acids is 1. The van der Waals surface area contributed by atoms with Crippen molar-refractivity contribution in [2.24, 2.45) is 0 Å². The fourth-order valence-corrected chi connectivity index (χ4v) is 3.32. The van der Waals surface area contributed by atoms with E-state index < -0.39 is 0 Å². The number of amides is 1. The Kier molecular flexibility index (Phi) is 3.76. The van der Waals surface area contributed by atoms with Crippen molar-refractivity contribution in [1.29, 1.82) is 0 Å². The number of fused-ring (bicyclic) bond motifs is 1. The topological polar surface area (TPSA) is 47.6 Å². The molecule has 5 nitrogen and oxygen atoms in total. The molecule has 1 aliphatic rings. The number of furan rings is 1. The Morgan fingerprint density at radius 3 is 2.62 bits per heavy atom. The Labute approximate surface area is 140 Å². The molecular formula is C19H20N2O3. The third-order valence-electron chi connectivity index (χ3n) is 4.63. The summed E-state index contributed by atoms with van der Waals surface area (Å²) in [6.45, 7) is 2.31. The number of rotatable bonds is 4. The monoisotopic (exact) mass is 324 g/mol. The van der Waals surface area contributed by atoms with Gasteiger partial charge in [0.25, 0.3) is 5.91 Å². The fourth-order valence-electron chi connectivity index (χ4n) is 3.32. The van der Waals surface area contributed by atoms with Gasteiger partial charge in [0.2, 0.25) is 0 Å². The van der Waals surface area contributed by atoms with Gasteiger partial charge in [-0.3, -0.25) is 4.79 Å². The van der Waals surface area contributed by atoms with Crippen molar-refractivity contribution in [1.82, 2.24) is 9.47 Å². The highest BCUT2D eigenvalue weighted by Crippen LogP contribution is 2.25. The standard InChI is InChI=1S/C19H20N2O3/c1-23-15-6-4-14(5-7-15)13-21-16-8-11-24-18(16)12-17(21)19(22)20-9-2-3-10-20/h4-8,11-12H,2-3,9-10,13H2,1H3. The lowest BCUT2D eigenvalue weighted by Gasteiger charge is -2.17. The third-order valence-corrected chi connectivity index (χ3v) is 4.63. The van der Waals surface area contributed by atoms with Gasteiger partial charge in [0, 0.05) is 31.8 Å². The highest BCUT2D eigenvalue weighted by atomic mass is 16.5. The quantitative estimate of drug-likeness (QED) is 0.737. The van der Waals surface area contributed by atoms with E-state index in [1.165, 1.54) is 0 Å². The molecule has 0 atom stereocenters. The molecule has 1 fully saturated rings. The number of benzene rings is 1. The zero-order chi connectivity index (χ0) is 16.5. The smallest absolute Gasteiger partial charge is 0.270 e. The largest absolute Gasteiger partial charge is 0.497 e. The Morgan fingerprint density at radius 1 is 1.17 bits per heavy atom. The van der Waals surface area contributed by atoms with Gasteiger partial charge in [-0.1, -0.05) is 12.1 Å². The second-order valence-corrected chi connectivity index (χ2v) is 6.13. The lowest BCUT2D eigenvalue weighted by Crippen LogP contribution is -2.29. The van der Waals surface area contributed by atoms with Crippen LogP contribution in [0.1, 0.15) is 28.9 Å². The molecule has 4 rings (SSSR count). The third kappa shape index (κ3) is 2.56. The van der Waals surface area contributed by atoms with Gasteiger partial charge in [-0.25, -0.2) is 0 Å². The first kappa shape index (κ1) is 14.9. The summed E-state index contributed by atoms with van der Waals surface area (Å²) in [6, 6.07) is 11.7. The molecule has 5 heteroatoms. The normalized spacial score (nSPS) is 14.5. The van der Waals surface area contributed by atoms with E-state index in [9.17, 15) is 4.79 Å². The van der Waals surface area contributed by atoms with Gasteiger partial charge < -0.3 is 18.6 Å². The van der Waals surface area contributed by atoms with E-state index in [1.807, 2.05) is 45.9 Å². The average Bonchev–Trinajstić information content (AvgIpc) is 3.34. The summed E-state index contributed by atoms with van der Waals surface area (Å²) in [5.74, 6) is 0.917. The van der Waals surface area contributed by atoms with Crippen molar-refractivity contribution in [3.8, 4) is 5.75 Å². The van der Waals surface area contributed by atoms with Crippen molar-refractivity contribution in [3.05, 3.63) is 53.9 Å². The summed E-state index contributed by atoms with van der Waals surface area (Å²) in [5.41, 5.74) is 3.52. The minimum absolute atomic E-state index is 0.0902. The van der Waals surface area contributed by atoms with E-state index in [-0.39, 0.29) is 5.91 Å². The van der Waals surface area contributed by atoms with E-state index in [2.05, 4.69) is 0 Å². The number of hydrogen-bond acceptors (Lipinski definition) is 3. The molecule has 3 heterocycles. The Bertz CT molecular complexity index is 855. The van der Waals surface area contributed by atoms with Gasteiger partial charge >= 0.3 is 0 Å². The molecule has 24 heavy (non-hydrogen) atoms. The van der Waals surface area contributed by atoms with Crippen LogP contribution in [0.3, 0.4) is 0 Å². The lowest BCUT2D eigenvalue weighted by atomic mass is 10.2. The van der Waals surface area contributed by atoms with Gasteiger partial charge in [0.05, 0.1) is 18.9 Å². The second-order valence-electron chi connectivity index (χ2n) is 6.13. The van der Waals surface area contributed by atoms with Gasteiger partial charge in [0.15, 0.2) is 5.58 Å². The first-order valence-corrected chi connectivity index (χ1v) is 8.25. The van der Waals surface area contributed by atoms with Crippen LogP contribution >= 0.6 is 0 Å². The molecule has 1 aromatic carbocycles. The molecule has 0 saturated carbocycles. The molecule has 1 amide bonds. The first-order chi connectivity index (χ1) is 11.8. The second kappa shape index (κ2) is 6.07. The van der Waals surface area contributed by atoms with E-state index in [4.69, 9.17) is 9.15 Å². The van der Waals surface area contributed by atoms with E-state index in [1.54, 1.807) is 13.4 Å². The minimum Gasteiger partial charge on any atom is -0.497 e. The number of aromatic nitrogens is 1. The first-order valence-electron chi connectivity index (χ1n) is 8.25. The SMILES string of the molecule is COc1ccc(Cn2c(C(=O)N3CCCC3)cc3occc32)cc1. The molecule has 3 aromatic rings. The molecule has 2 aromatic heterocycles. The zero-order valence-electron chi connectivity index (χ0n) is 13.7. The molecule has 124 valence electrons. The number of likely N-dealkylation sites (tertiary alicyclic amines) is 1. The molecule has 0 bridgehead atoms. The maximum Gasteiger partial charge on any atom is 0.270 e. The summed E-state index contributed by atoms with van der Waals surface area (Å²) in [5, 5.41) is 0. The summed E-state index contributed by atoms with van der Waals surface area (Å²) in [6.07, 6.45) is 3.83. The molecule has 0 unspecified atom stereocenters. The molecular weight excluding hydrogens is 304 g/mol. The van der Waals surface area contributed by atoms with Gasteiger partial charge in [-0.2, -0.15) is 0 Å². The van der Waals surface area contributed by atoms with Crippen LogP contribution in [0.2, 0.25) is 0 Å². The number of hydrogen-bond donors (Lipinski definition) is 0. The number of carbonyl (C=O) groups is 1. The number of ether oxygens (including phenoxy) is 1. The zero-order valence-corrected chi connectivity index (χ0v) is 13.7. The van der Waals surface area contributed by atoms with Crippen LogP contribution in [0.5, 0.6) is 5.75 Å². The summed E-state index contributed by atoms with van der Waals surface area (Å²) < 4.78 is 12.8. The Morgan fingerprint density at radius 2 is 1.92 bits per heavy atom. The van der Waals surface area contributed by atoms with Gasteiger partial charge in [-0.15, -0.1) is 0 Å². The van der Waals surface area contributed by atoms with Crippen LogP contribution in [-0.4, -0.2) is 35.6 Å². The van der Waals surface area contributed by atoms with Crippen LogP contribution in [0.15, 0.2) is 47.1 Å². The average molecular weight is 324 g/mol. The van der Waals surface area contributed by atoms with Crippen molar-refractivity contribution in [2.75, 3.05) is 20.2 Å². The van der Waals surface area contributed by atoms with Crippen LogP contribution < -0.4 is 4.74 Å². The molecule has 1 saturated heterocycles. The summed E-state index contributed by atoms with van der Waals surface area (Å²) >= 11 is 0. The summed E-state index contributed by atoms with van der Waals surface area (Å²) in [4.78, 5) is 14.8. The summed E-state index contributed by atoms with van der Waals surface area (Å²) in [7, 11) is 1.66. The van der Waals surface area contributed by atoms with Crippen molar-refractivity contribution >= 4 is 17.0 Å². The van der Waals surface area contributed by atoms with Crippen LogP contribution in [0.25, 0.3) is 11.1 Å². The van der Waals surface area contributed by atoms with E-state index in [0.717, 1.165) is 48.3 Å². The van der Waals surface area contributed by atoms with Crippen molar-refractivity contribution in [2.45, 2.75) is 19.4 Å². The van der Waals surface area contributed by atoms with E-state index >= 15 is 0 Å².